The molecule has 0 saturated heterocycles. The van der Waals surface area contributed by atoms with E-state index in [9.17, 15) is 18.4 Å². The quantitative estimate of drug-likeness (QED) is 0.798. The van der Waals surface area contributed by atoms with Crippen LogP contribution in [-0.4, -0.2) is 24.6 Å². The van der Waals surface area contributed by atoms with E-state index in [0.717, 1.165) is 0 Å². The molecule has 8 heteroatoms. The Hall–Kier alpha value is -3.47. The summed E-state index contributed by atoms with van der Waals surface area (Å²) in [7, 11) is 0. The number of rotatable bonds is 6. The molecule has 1 N–H and O–H groups in total. The standard InChI is InChI=1S/C18H14F2N2O4/c1-11(16(23)22-13-6-4-5-12(9-13)10-21)25-17(24)14-7-2-3-8-15(14)26-18(19)20/h2-9,11,18H,1H3,(H,22,23)/t11-/m1/s1. The topological polar surface area (TPSA) is 88.4 Å². The number of hydrogen-bond donors (Lipinski definition) is 1. The molecule has 2 aromatic carbocycles. The molecule has 26 heavy (non-hydrogen) atoms. The Morgan fingerprint density at radius 1 is 1.15 bits per heavy atom. The van der Waals surface area contributed by atoms with Crippen molar-refractivity contribution in [2.75, 3.05) is 5.32 Å². The number of nitriles is 1. The van der Waals surface area contributed by atoms with Gasteiger partial charge in [0.2, 0.25) is 0 Å². The van der Waals surface area contributed by atoms with Gasteiger partial charge < -0.3 is 14.8 Å². The number of hydrogen-bond acceptors (Lipinski definition) is 5. The Balaban J connectivity index is 2.04. The molecule has 6 nitrogen and oxygen atoms in total. The minimum absolute atomic E-state index is 0.223. The number of amides is 1. The van der Waals surface area contributed by atoms with E-state index in [0.29, 0.717) is 11.3 Å². The van der Waals surface area contributed by atoms with Gasteiger partial charge in [-0.1, -0.05) is 18.2 Å². The molecule has 0 unspecified atom stereocenters. The lowest BCUT2D eigenvalue weighted by atomic mass is 10.2. The van der Waals surface area contributed by atoms with Gasteiger partial charge in [-0.15, -0.1) is 0 Å². The van der Waals surface area contributed by atoms with E-state index in [1.165, 1.54) is 37.3 Å². The molecule has 0 heterocycles. The van der Waals surface area contributed by atoms with Gasteiger partial charge in [0, 0.05) is 5.69 Å². The second-order valence-electron chi connectivity index (χ2n) is 5.10. The third-order valence-corrected chi connectivity index (χ3v) is 3.24. The van der Waals surface area contributed by atoms with E-state index in [1.54, 1.807) is 18.2 Å². The molecule has 0 aliphatic carbocycles. The van der Waals surface area contributed by atoms with Crippen molar-refractivity contribution in [2.24, 2.45) is 0 Å². The van der Waals surface area contributed by atoms with E-state index in [-0.39, 0.29) is 11.3 Å². The van der Waals surface area contributed by atoms with Crippen molar-refractivity contribution >= 4 is 17.6 Å². The minimum atomic E-state index is -3.10. The van der Waals surface area contributed by atoms with Crippen LogP contribution in [0.2, 0.25) is 0 Å². The van der Waals surface area contributed by atoms with Crippen LogP contribution in [-0.2, 0) is 9.53 Å². The van der Waals surface area contributed by atoms with Crippen LogP contribution in [0.4, 0.5) is 14.5 Å². The molecule has 0 aliphatic heterocycles. The van der Waals surface area contributed by atoms with Gasteiger partial charge >= 0.3 is 12.6 Å². The minimum Gasteiger partial charge on any atom is -0.449 e. The second kappa shape index (κ2) is 8.58. The first-order valence-corrected chi connectivity index (χ1v) is 7.46. The number of anilines is 1. The fourth-order valence-corrected chi connectivity index (χ4v) is 2.02. The van der Waals surface area contributed by atoms with E-state index in [2.05, 4.69) is 10.1 Å². The van der Waals surface area contributed by atoms with E-state index in [1.807, 2.05) is 6.07 Å². The molecule has 0 bridgehead atoms. The molecule has 0 aliphatic rings. The Kier molecular flexibility index (Phi) is 6.22. The molecule has 0 fully saturated rings. The summed E-state index contributed by atoms with van der Waals surface area (Å²) >= 11 is 0. The smallest absolute Gasteiger partial charge is 0.387 e. The van der Waals surface area contributed by atoms with E-state index in [4.69, 9.17) is 10.00 Å². The number of nitrogens with one attached hydrogen (secondary N) is 1. The van der Waals surface area contributed by atoms with Crippen LogP contribution in [0.1, 0.15) is 22.8 Å². The van der Waals surface area contributed by atoms with Gasteiger partial charge in [0.05, 0.1) is 11.6 Å². The molecule has 2 aromatic rings. The maximum Gasteiger partial charge on any atom is 0.387 e. The van der Waals surface area contributed by atoms with Crippen LogP contribution in [0.5, 0.6) is 5.75 Å². The van der Waals surface area contributed by atoms with Gasteiger partial charge in [-0.2, -0.15) is 14.0 Å². The summed E-state index contributed by atoms with van der Waals surface area (Å²) in [6.45, 7) is -1.77. The average Bonchev–Trinajstić information content (AvgIpc) is 2.61. The largest absolute Gasteiger partial charge is 0.449 e. The van der Waals surface area contributed by atoms with Crippen LogP contribution in [0, 0.1) is 11.3 Å². The highest BCUT2D eigenvalue weighted by atomic mass is 19.3. The summed E-state index contributed by atoms with van der Waals surface area (Å²) in [4.78, 5) is 24.3. The van der Waals surface area contributed by atoms with Crippen LogP contribution < -0.4 is 10.1 Å². The van der Waals surface area contributed by atoms with Crippen molar-refractivity contribution in [1.29, 1.82) is 5.26 Å². The average molecular weight is 360 g/mol. The Labute approximate surface area is 148 Å². The normalized spacial score (nSPS) is 11.3. The molecule has 0 saturated carbocycles. The van der Waals surface area contributed by atoms with Crippen molar-refractivity contribution in [1.82, 2.24) is 0 Å². The summed E-state index contributed by atoms with van der Waals surface area (Å²) in [5.41, 5.74) is 0.489. The molecule has 0 aromatic heterocycles. The van der Waals surface area contributed by atoms with Gasteiger partial charge in [-0.3, -0.25) is 4.79 Å². The summed E-state index contributed by atoms with van der Waals surface area (Å²) in [5.74, 6) is -1.96. The zero-order chi connectivity index (χ0) is 19.1. The first-order valence-electron chi connectivity index (χ1n) is 7.46. The van der Waals surface area contributed by atoms with Crippen molar-refractivity contribution in [3.63, 3.8) is 0 Å². The predicted molar refractivity (Wildman–Crippen MR) is 87.7 cm³/mol. The number of ether oxygens (including phenoxy) is 2. The number of halogens is 2. The van der Waals surface area contributed by atoms with Crippen molar-refractivity contribution < 1.29 is 27.8 Å². The SMILES string of the molecule is C[C@@H](OC(=O)c1ccccc1OC(F)F)C(=O)Nc1cccc(C#N)c1. The van der Waals surface area contributed by atoms with Crippen LogP contribution >= 0.6 is 0 Å². The molecule has 1 atom stereocenters. The number of esters is 1. The van der Waals surface area contributed by atoms with E-state index >= 15 is 0 Å². The molecule has 0 spiro atoms. The highest BCUT2D eigenvalue weighted by molar-refractivity contribution is 5.98. The Bertz CT molecular complexity index is 849. The zero-order valence-corrected chi connectivity index (χ0v) is 13.6. The first kappa shape index (κ1) is 18.9. The zero-order valence-electron chi connectivity index (χ0n) is 13.6. The lowest BCUT2D eigenvalue weighted by molar-refractivity contribution is -0.123. The predicted octanol–water partition coefficient (Wildman–Crippen LogP) is 3.34. The molecular formula is C18H14F2N2O4. The number of nitrogens with zero attached hydrogens (tertiary/aromatic N) is 1. The number of carbonyl (C=O) groups excluding carboxylic acids is 2. The van der Waals surface area contributed by atoms with Gasteiger partial charge in [0.1, 0.15) is 11.3 Å². The maximum absolute atomic E-state index is 12.4. The summed E-state index contributed by atoms with van der Waals surface area (Å²) in [6, 6.07) is 13.4. The third-order valence-electron chi connectivity index (χ3n) is 3.24. The molecule has 1 amide bonds. The number of para-hydroxylation sites is 1. The Morgan fingerprint density at radius 3 is 2.58 bits per heavy atom. The first-order chi connectivity index (χ1) is 12.4. The second-order valence-corrected chi connectivity index (χ2v) is 5.10. The van der Waals surface area contributed by atoms with Crippen molar-refractivity contribution in [2.45, 2.75) is 19.6 Å². The molecule has 134 valence electrons. The van der Waals surface area contributed by atoms with Gasteiger partial charge in [0.25, 0.3) is 5.91 Å². The number of benzene rings is 2. The summed E-state index contributed by atoms with van der Waals surface area (Å²) < 4.78 is 34.1. The van der Waals surface area contributed by atoms with Crippen LogP contribution in [0.25, 0.3) is 0 Å². The molecule has 2 rings (SSSR count). The lowest BCUT2D eigenvalue weighted by Crippen LogP contribution is -2.30. The third kappa shape index (κ3) is 5.01. The number of alkyl halides is 2. The van der Waals surface area contributed by atoms with Gasteiger partial charge in [-0.25, -0.2) is 4.79 Å². The lowest BCUT2D eigenvalue weighted by Gasteiger charge is -2.15. The Morgan fingerprint density at radius 2 is 1.88 bits per heavy atom. The van der Waals surface area contributed by atoms with Crippen molar-refractivity contribution in [3.05, 3.63) is 59.7 Å². The summed E-state index contributed by atoms with van der Waals surface area (Å²) in [5, 5.41) is 11.3. The van der Waals surface area contributed by atoms with Crippen LogP contribution in [0.3, 0.4) is 0 Å². The fourth-order valence-electron chi connectivity index (χ4n) is 2.02. The maximum atomic E-state index is 12.4. The highest BCUT2D eigenvalue weighted by Gasteiger charge is 2.22. The monoisotopic (exact) mass is 360 g/mol. The van der Waals surface area contributed by atoms with Gasteiger partial charge in [-0.05, 0) is 37.3 Å². The number of carbonyl (C=O) groups is 2. The molecular weight excluding hydrogens is 346 g/mol. The fraction of sp³-hybridized carbons (Fsp3) is 0.167. The molecule has 0 radical (unpaired) electrons. The van der Waals surface area contributed by atoms with Crippen LogP contribution in [0.15, 0.2) is 48.5 Å². The van der Waals surface area contributed by atoms with Gasteiger partial charge in [0.15, 0.2) is 6.10 Å². The summed E-state index contributed by atoms with van der Waals surface area (Å²) in [6.07, 6.45) is -1.20. The van der Waals surface area contributed by atoms with Crippen molar-refractivity contribution in [3.8, 4) is 11.8 Å². The highest BCUT2D eigenvalue weighted by Crippen LogP contribution is 2.21. The van der Waals surface area contributed by atoms with E-state index < -0.39 is 24.6 Å².